The van der Waals surface area contributed by atoms with Gasteiger partial charge in [0.1, 0.15) is 5.82 Å². The molecule has 0 unspecified atom stereocenters. The number of carbonyl (C=O) groups excluding carboxylic acids is 2. The van der Waals surface area contributed by atoms with Crippen molar-refractivity contribution < 1.29 is 19.1 Å². The van der Waals surface area contributed by atoms with Crippen LogP contribution in [0.3, 0.4) is 0 Å². The van der Waals surface area contributed by atoms with Gasteiger partial charge in [0.25, 0.3) is 5.91 Å². The Bertz CT molecular complexity index is 1130. The SMILES string of the molecule is COc1cc2c(cc1OC)[C@@H](C(=O)Nc1cccc(C)n1)[C@H](c1cccs1)N(C)C2=O. The van der Waals surface area contributed by atoms with E-state index in [4.69, 9.17) is 9.47 Å². The van der Waals surface area contributed by atoms with Crippen molar-refractivity contribution in [1.29, 1.82) is 0 Å². The van der Waals surface area contributed by atoms with Crippen molar-refractivity contribution in [1.82, 2.24) is 9.88 Å². The lowest BCUT2D eigenvalue weighted by molar-refractivity contribution is -0.119. The van der Waals surface area contributed by atoms with Crippen LogP contribution in [0.25, 0.3) is 0 Å². The molecular formula is C23H23N3O4S. The van der Waals surface area contributed by atoms with Crippen LogP contribution in [0.2, 0.25) is 0 Å². The lowest BCUT2D eigenvalue weighted by Crippen LogP contribution is -2.43. The summed E-state index contributed by atoms with van der Waals surface area (Å²) in [7, 11) is 4.77. The minimum absolute atomic E-state index is 0.174. The van der Waals surface area contributed by atoms with Crippen LogP contribution >= 0.6 is 11.3 Å². The van der Waals surface area contributed by atoms with E-state index in [1.165, 1.54) is 25.6 Å². The first-order valence-corrected chi connectivity index (χ1v) is 10.6. The number of carbonyl (C=O) groups is 2. The lowest BCUT2D eigenvalue weighted by Gasteiger charge is -2.39. The Balaban J connectivity index is 1.86. The molecule has 0 saturated carbocycles. The molecule has 1 aliphatic rings. The van der Waals surface area contributed by atoms with Gasteiger partial charge in [-0.2, -0.15) is 0 Å². The van der Waals surface area contributed by atoms with E-state index in [0.717, 1.165) is 10.6 Å². The monoisotopic (exact) mass is 437 g/mol. The summed E-state index contributed by atoms with van der Waals surface area (Å²) in [6.07, 6.45) is 0. The van der Waals surface area contributed by atoms with E-state index in [1.54, 1.807) is 30.1 Å². The number of hydrogen-bond acceptors (Lipinski definition) is 6. The van der Waals surface area contributed by atoms with Crippen molar-refractivity contribution in [2.75, 3.05) is 26.6 Å². The third-order valence-electron chi connectivity index (χ3n) is 5.43. The van der Waals surface area contributed by atoms with E-state index in [1.807, 2.05) is 36.6 Å². The molecule has 4 rings (SSSR count). The summed E-state index contributed by atoms with van der Waals surface area (Å²) in [6.45, 7) is 1.86. The fourth-order valence-corrected chi connectivity index (χ4v) is 4.87. The first kappa shape index (κ1) is 20.9. The number of nitrogens with one attached hydrogen (secondary N) is 1. The predicted octanol–water partition coefficient (Wildman–Crippen LogP) is 4.02. The molecule has 160 valence electrons. The molecule has 2 aromatic heterocycles. The van der Waals surface area contributed by atoms with Gasteiger partial charge in [0.15, 0.2) is 11.5 Å². The molecule has 3 heterocycles. The molecular weight excluding hydrogens is 414 g/mol. The van der Waals surface area contributed by atoms with Crippen molar-refractivity contribution in [3.8, 4) is 11.5 Å². The Labute approximate surface area is 184 Å². The summed E-state index contributed by atoms with van der Waals surface area (Å²) in [6, 6.07) is 12.2. The van der Waals surface area contributed by atoms with E-state index >= 15 is 0 Å². The number of ether oxygens (including phenoxy) is 2. The number of methoxy groups -OCH3 is 2. The summed E-state index contributed by atoms with van der Waals surface area (Å²) in [5.74, 6) is 0.304. The number of thiophene rings is 1. The van der Waals surface area contributed by atoms with Crippen molar-refractivity contribution >= 4 is 29.0 Å². The molecule has 0 fully saturated rings. The number of hydrogen-bond donors (Lipinski definition) is 1. The second kappa shape index (κ2) is 8.39. The number of anilines is 1. The predicted molar refractivity (Wildman–Crippen MR) is 119 cm³/mol. The van der Waals surface area contributed by atoms with Gasteiger partial charge in [-0.3, -0.25) is 9.59 Å². The van der Waals surface area contributed by atoms with Crippen molar-refractivity contribution in [2.45, 2.75) is 18.9 Å². The Morgan fingerprint density at radius 1 is 1.13 bits per heavy atom. The zero-order valence-electron chi connectivity index (χ0n) is 17.7. The van der Waals surface area contributed by atoms with Crippen LogP contribution in [0.5, 0.6) is 11.5 Å². The molecule has 31 heavy (non-hydrogen) atoms. The molecule has 2 amide bonds. The van der Waals surface area contributed by atoms with Gasteiger partial charge >= 0.3 is 0 Å². The molecule has 7 nitrogen and oxygen atoms in total. The molecule has 0 radical (unpaired) electrons. The number of nitrogens with zero attached hydrogens (tertiary/aromatic N) is 2. The second-order valence-electron chi connectivity index (χ2n) is 7.30. The maximum Gasteiger partial charge on any atom is 0.254 e. The van der Waals surface area contributed by atoms with Crippen LogP contribution in [0, 0.1) is 6.92 Å². The fourth-order valence-electron chi connectivity index (χ4n) is 3.96. The molecule has 0 spiro atoms. The standard InChI is InChI=1S/C23H23N3O4S/c1-13-7-5-9-19(24-13)25-22(27)20-14-11-16(29-3)17(30-4)12-15(14)23(28)26(2)21(20)18-8-6-10-31-18/h5-12,20-21H,1-4H3,(H,24,25,27)/t20-,21+/m1/s1. The van der Waals surface area contributed by atoms with Gasteiger partial charge in [-0.1, -0.05) is 12.1 Å². The van der Waals surface area contributed by atoms with Crippen LogP contribution in [-0.4, -0.2) is 43.0 Å². The van der Waals surface area contributed by atoms with Crippen LogP contribution in [-0.2, 0) is 4.79 Å². The van der Waals surface area contributed by atoms with E-state index in [-0.39, 0.29) is 11.8 Å². The van der Waals surface area contributed by atoms with E-state index in [9.17, 15) is 9.59 Å². The molecule has 8 heteroatoms. The van der Waals surface area contributed by atoms with Gasteiger partial charge in [0, 0.05) is 23.2 Å². The highest BCUT2D eigenvalue weighted by molar-refractivity contribution is 7.10. The van der Waals surface area contributed by atoms with E-state index in [0.29, 0.717) is 28.4 Å². The zero-order valence-corrected chi connectivity index (χ0v) is 18.5. The van der Waals surface area contributed by atoms with Gasteiger partial charge in [-0.15, -0.1) is 11.3 Å². The number of aryl methyl sites for hydroxylation is 1. The second-order valence-corrected chi connectivity index (χ2v) is 8.28. The summed E-state index contributed by atoms with van der Waals surface area (Å²) in [5.41, 5.74) is 1.82. The molecule has 0 saturated heterocycles. The van der Waals surface area contributed by atoms with Gasteiger partial charge in [0.05, 0.1) is 26.2 Å². The highest BCUT2D eigenvalue weighted by atomic mass is 32.1. The van der Waals surface area contributed by atoms with Gasteiger partial charge < -0.3 is 19.7 Å². The van der Waals surface area contributed by atoms with Crippen LogP contribution in [0.15, 0.2) is 47.8 Å². The summed E-state index contributed by atoms with van der Waals surface area (Å²) in [5, 5.41) is 4.87. The first-order valence-electron chi connectivity index (χ1n) is 9.75. The van der Waals surface area contributed by atoms with Gasteiger partial charge in [-0.05, 0) is 48.2 Å². The minimum Gasteiger partial charge on any atom is -0.493 e. The molecule has 0 aliphatic carbocycles. The summed E-state index contributed by atoms with van der Waals surface area (Å²) in [4.78, 5) is 33.8. The number of rotatable bonds is 5. The first-order chi connectivity index (χ1) is 14.9. The van der Waals surface area contributed by atoms with Gasteiger partial charge in [-0.25, -0.2) is 4.98 Å². The molecule has 0 bridgehead atoms. The average molecular weight is 438 g/mol. The number of benzene rings is 1. The lowest BCUT2D eigenvalue weighted by atomic mass is 9.81. The number of fused-ring (bicyclic) bond motifs is 1. The Hall–Kier alpha value is -3.39. The number of amides is 2. The number of pyridine rings is 1. The number of likely N-dealkylation sites (N-methyl/N-ethyl adjacent to an activating group) is 1. The zero-order chi connectivity index (χ0) is 22.1. The molecule has 1 N–H and O–H groups in total. The minimum atomic E-state index is -0.654. The highest BCUT2D eigenvalue weighted by Crippen LogP contribution is 2.46. The summed E-state index contributed by atoms with van der Waals surface area (Å²) < 4.78 is 10.8. The largest absolute Gasteiger partial charge is 0.493 e. The van der Waals surface area contributed by atoms with Crippen molar-refractivity contribution in [3.63, 3.8) is 0 Å². The van der Waals surface area contributed by atoms with E-state index in [2.05, 4.69) is 10.3 Å². The van der Waals surface area contributed by atoms with Crippen molar-refractivity contribution in [2.24, 2.45) is 0 Å². The number of aromatic nitrogens is 1. The molecule has 1 aliphatic heterocycles. The Kier molecular flexibility index (Phi) is 5.65. The molecule has 3 aromatic rings. The van der Waals surface area contributed by atoms with Crippen molar-refractivity contribution in [3.05, 3.63) is 69.5 Å². The average Bonchev–Trinajstić information content (AvgIpc) is 3.29. The third-order valence-corrected chi connectivity index (χ3v) is 6.37. The molecule has 1 aromatic carbocycles. The van der Waals surface area contributed by atoms with Gasteiger partial charge in [0.2, 0.25) is 5.91 Å². The highest BCUT2D eigenvalue weighted by Gasteiger charge is 2.44. The maximum atomic E-state index is 13.6. The quantitative estimate of drug-likeness (QED) is 0.652. The fraction of sp³-hybridized carbons (Fsp3) is 0.261. The smallest absolute Gasteiger partial charge is 0.254 e. The topological polar surface area (TPSA) is 80.8 Å². The summed E-state index contributed by atoms with van der Waals surface area (Å²) >= 11 is 1.51. The molecule has 2 atom stereocenters. The Morgan fingerprint density at radius 3 is 2.52 bits per heavy atom. The normalized spacial score (nSPS) is 17.8. The third kappa shape index (κ3) is 3.74. The Morgan fingerprint density at radius 2 is 1.87 bits per heavy atom. The van der Waals surface area contributed by atoms with E-state index < -0.39 is 12.0 Å². The van der Waals surface area contributed by atoms with Crippen LogP contribution in [0.4, 0.5) is 5.82 Å². The maximum absolute atomic E-state index is 13.6. The van der Waals surface area contributed by atoms with Crippen LogP contribution in [0.1, 0.15) is 38.5 Å². The van der Waals surface area contributed by atoms with Crippen LogP contribution < -0.4 is 14.8 Å².